The molecule has 1 atom stereocenters. The standard InChI is InChI=1S/C11H14N2O2/c12-6-5-11(14)13-9-7-15-10-4-2-1-3-8(9)10/h1-4,9H,5-7,12H2,(H,13,14). The predicted octanol–water partition coefficient (Wildman–Crippen LogP) is 0.585. The van der Waals surface area contributed by atoms with Crippen molar-refractivity contribution in [2.45, 2.75) is 12.5 Å². The lowest BCUT2D eigenvalue weighted by molar-refractivity contribution is -0.121. The number of amides is 1. The van der Waals surface area contributed by atoms with Crippen LogP contribution in [0.15, 0.2) is 24.3 Å². The zero-order valence-corrected chi connectivity index (χ0v) is 8.40. The van der Waals surface area contributed by atoms with Crippen LogP contribution in [0.1, 0.15) is 18.0 Å². The van der Waals surface area contributed by atoms with Gasteiger partial charge >= 0.3 is 0 Å². The number of nitrogens with two attached hydrogens (primary N) is 1. The number of carbonyl (C=O) groups excluding carboxylic acids is 1. The molecule has 4 nitrogen and oxygen atoms in total. The molecule has 3 N–H and O–H groups in total. The molecule has 15 heavy (non-hydrogen) atoms. The fraction of sp³-hybridized carbons (Fsp3) is 0.364. The number of benzene rings is 1. The second kappa shape index (κ2) is 4.31. The summed E-state index contributed by atoms with van der Waals surface area (Å²) >= 11 is 0. The first-order valence-electron chi connectivity index (χ1n) is 5.02. The average Bonchev–Trinajstić information content (AvgIpc) is 2.62. The van der Waals surface area contributed by atoms with E-state index in [0.717, 1.165) is 11.3 Å². The van der Waals surface area contributed by atoms with Gasteiger partial charge in [0.15, 0.2) is 0 Å². The Balaban J connectivity index is 2.04. The summed E-state index contributed by atoms with van der Waals surface area (Å²) < 4.78 is 5.44. The SMILES string of the molecule is NCCC(=O)NC1COc2ccccc21. The molecule has 1 heterocycles. The van der Waals surface area contributed by atoms with Gasteiger partial charge in [-0.2, -0.15) is 0 Å². The molecule has 1 aliphatic rings. The molecule has 1 aromatic carbocycles. The van der Waals surface area contributed by atoms with Crippen molar-refractivity contribution in [2.75, 3.05) is 13.2 Å². The number of carbonyl (C=O) groups is 1. The molecule has 0 radical (unpaired) electrons. The van der Waals surface area contributed by atoms with Gasteiger partial charge in [-0.1, -0.05) is 18.2 Å². The van der Waals surface area contributed by atoms with E-state index in [9.17, 15) is 4.79 Å². The van der Waals surface area contributed by atoms with Crippen LogP contribution in [0.25, 0.3) is 0 Å². The van der Waals surface area contributed by atoms with E-state index in [2.05, 4.69) is 5.32 Å². The van der Waals surface area contributed by atoms with E-state index in [0.29, 0.717) is 19.6 Å². The molecule has 1 aliphatic heterocycles. The second-order valence-electron chi connectivity index (χ2n) is 3.51. The number of hydrogen-bond donors (Lipinski definition) is 2. The summed E-state index contributed by atoms with van der Waals surface area (Å²) in [5.74, 6) is 0.832. The van der Waals surface area contributed by atoms with Crippen molar-refractivity contribution in [3.8, 4) is 5.75 Å². The van der Waals surface area contributed by atoms with Crippen molar-refractivity contribution in [1.82, 2.24) is 5.32 Å². The first-order chi connectivity index (χ1) is 7.31. The Morgan fingerprint density at radius 3 is 3.13 bits per heavy atom. The molecule has 0 saturated carbocycles. The zero-order valence-electron chi connectivity index (χ0n) is 8.40. The van der Waals surface area contributed by atoms with E-state index in [1.807, 2.05) is 24.3 Å². The monoisotopic (exact) mass is 206 g/mol. The van der Waals surface area contributed by atoms with Crippen molar-refractivity contribution in [3.05, 3.63) is 29.8 Å². The van der Waals surface area contributed by atoms with Gasteiger partial charge in [0.1, 0.15) is 12.4 Å². The van der Waals surface area contributed by atoms with Gasteiger partial charge < -0.3 is 15.8 Å². The van der Waals surface area contributed by atoms with Crippen LogP contribution >= 0.6 is 0 Å². The van der Waals surface area contributed by atoms with Crippen LogP contribution in [0.3, 0.4) is 0 Å². The fourth-order valence-corrected chi connectivity index (χ4v) is 1.68. The number of fused-ring (bicyclic) bond motifs is 1. The molecule has 0 saturated heterocycles. The molecule has 0 aromatic heterocycles. The number of rotatable bonds is 3. The summed E-state index contributed by atoms with van der Waals surface area (Å²) in [6, 6.07) is 7.71. The van der Waals surface area contributed by atoms with Crippen LogP contribution in [-0.2, 0) is 4.79 Å². The van der Waals surface area contributed by atoms with Gasteiger partial charge in [0.2, 0.25) is 5.91 Å². The molecule has 0 fully saturated rings. The van der Waals surface area contributed by atoms with Crippen LogP contribution in [-0.4, -0.2) is 19.1 Å². The Bertz CT molecular complexity index is 365. The highest BCUT2D eigenvalue weighted by atomic mass is 16.5. The summed E-state index contributed by atoms with van der Waals surface area (Å²) in [5.41, 5.74) is 6.35. The largest absolute Gasteiger partial charge is 0.491 e. The van der Waals surface area contributed by atoms with Gasteiger partial charge in [0.05, 0.1) is 6.04 Å². The van der Waals surface area contributed by atoms with Crippen LogP contribution in [0.2, 0.25) is 0 Å². The van der Waals surface area contributed by atoms with E-state index in [4.69, 9.17) is 10.5 Å². The van der Waals surface area contributed by atoms with Crippen LogP contribution in [0.5, 0.6) is 5.75 Å². The average molecular weight is 206 g/mol. The molecule has 1 unspecified atom stereocenters. The first-order valence-corrected chi connectivity index (χ1v) is 5.02. The molecule has 0 spiro atoms. The lowest BCUT2D eigenvalue weighted by Gasteiger charge is -2.10. The number of hydrogen-bond acceptors (Lipinski definition) is 3. The maximum Gasteiger partial charge on any atom is 0.221 e. The Labute approximate surface area is 88.4 Å². The summed E-state index contributed by atoms with van der Waals surface area (Å²) in [5, 5.41) is 2.89. The third-order valence-corrected chi connectivity index (χ3v) is 2.41. The van der Waals surface area contributed by atoms with Crippen molar-refractivity contribution in [3.63, 3.8) is 0 Å². The van der Waals surface area contributed by atoms with Crippen LogP contribution in [0.4, 0.5) is 0 Å². The Morgan fingerprint density at radius 1 is 1.53 bits per heavy atom. The minimum atomic E-state index is -0.0275. The molecule has 4 heteroatoms. The number of nitrogens with one attached hydrogen (secondary N) is 1. The fourth-order valence-electron chi connectivity index (χ4n) is 1.68. The number of para-hydroxylation sites is 1. The smallest absolute Gasteiger partial charge is 0.221 e. The molecule has 1 amide bonds. The summed E-state index contributed by atoms with van der Waals surface area (Å²) in [6.45, 7) is 0.886. The highest BCUT2D eigenvalue weighted by molar-refractivity contribution is 5.76. The van der Waals surface area contributed by atoms with Crippen molar-refractivity contribution < 1.29 is 9.53 Å². The van der Waals surface area contributed by atoms with E-state index >= 15 is 0 Å². The number of ether oxygens (including phenoxy) is 1. The van der Waals surface area contributed by atoms with E-state index in [1.54, 1.807) is 0 Å². The third kappa shape index (κ3) is 2.10. The molecule has 80 valence electrons. The Morgan fingerprint density at radius 2 is 2.33 bits per heavy atom. The van der Waals surface area contributed by atoms with E-state index in [1.165, 1.54) is 0 Å². The minimum Gasteiger partial charge on any atom is -0.491 e. The maximum atomic E-state index is 11.4. The Kier molecular flexibility index (Phi) is 2.87. The topological polar surface area (TPSA) is 64.4 Å². The Hall–Kier alpha value is -1.55. The molecule has 0 aliphatic carbocycles. The predicted molar refractivity (Wildman–Crippen MR) is 56.5 cm³/mol. The van der Waals surface area contributed by atoms with Crippen LogP contribution < -0.4 is 15.8 Å². The van der Waals surface area contributed by atoms with Crippen molar-refractivity contribution in [2.24, 2.45) is 5.73 Å². The van der Waals surface area contributed by atoms with Crippen molar-refractivity contribution >= 4 is 5.91 Å². The summed E-state index contributed by atoms with van der Waals surface area (Å²) in [4.78, 5) is 11.4. The van der Waals surface area contributed by atoms with E-state index in [-0.39, 0.29) is 11.9 Å². The normalized spacial score (nSPS) is 18.1. The first kappa shape index (κ1) is 9.98. The second-order valence-corrected chi connectivity index (χ2v) is 3.51. The quantitative estimate of drug-likeness (QED) is 0.760. The minimum absolute atomic E-state index is 0.0252. The van der Waals surface area contributed by atoms with Gasteiger partial charge in [-0.25, -0.2) is 0 Å². The van der Waals surface area contributed by atoms with Crippen LogP contribution in [0, 0.1) is 0 Å². The maximum absolute atomic E-state index is 11.4. The molecular formula is C11H14N2O2. The zero-order chi connectivity index (χ0) is 10.7. The van der Waals surface area contributed by atoms with E-state index < -0.39 is 0 Å². The summed E-state index contributed by atoms with van der Waals surface area (Å²) in [6.07, 6.45) is 0.360. The lowest BCUT2D eigenvalue weighted by atomic mass is 10.1. The molecule has 1 aromatic rings. The van der Waals surface area contributed by atoms with Gasteiger partial charge in [-0.15, -0.1) is 0 Å². The van der Waals surface area contributed by atoms with Gasteiger partial charge in [0.25, 0.3) is 0 Å². The lowest BCUT2D eigenvalue weighted by Crippen LogP contribution is -2.30. The molecular weight excluding hydrogens is 192 g/mol. The van der Waals surface area contributed by atoms with Gasteiger partial charge in [-0.05, 0) is 6.07 Å². The highest BCUT2D eigenvalue weighted by Crippen LogP contribution is 2.31. The molecule has 0 bridgehead atoms. The molecule has 2 rings (SSSR count). The summed E-state index contributed by atoms with van der Waals surface area (Å²) in [7, 11) is 0. The van der Waals surface area contributed by atoms with Crippen molar-refractivity contribution in [1.29, 1.82) is 0 Å². The highest BCUT2D eigenvalue weighted by Gasteiger charge is 2.24. The third-order valence-electron chi connectivity index (χ3n) is 2.41. The van der Waals surface area contributed by atoms with Gasteiger partial charge in [0, 0.05) is 18.5 Å². The van der Waals surface area contributed by atoms with Gasteiger partial charge in [-0.3, -0.25) is 4.79 Å².